The van der Waals surface area contributed by atoms with Gasteiger partial charge in [-0.15, -0.1) is 0 Å². The van der Waals surface area contributed by atoms with Crippen LogP contribution in [-0.2, 0) is 0 Å². The van der Waals surface area contributed by atoms with Crippen LogP contribution in [-0.4, -0.2) is 15.9 Å². The molecule has 1 aromatic heterocycles. The lowest BCUT2D eigenvalue weighted by atomic mass is 10.3. The molecular formula is C17H12FN3O2. The molecule has 0 aliphatic carbocycles. The number of nitrogens with one attached hydrogen (secondary N) is 1. The van der Waals surface area contributed by atoms with Crippen molar-refractivity contribution in [3.63, 3.8) is 0 Å². The molecule has 23 heavy (non-hydrogen) atoms. The second-order valence-electron chi connectivity index (χ2n) is 4.58. The van der Waals surface area contributed by atoms with Crippen LogP contribution in [0.25, 0.3) is 0 Å². The van der Waals surface area contributed by atoms with Gasteiger partial charge in [0.05, 0.1) is 6.20 Å². The molecule has 114 valence electrons. The molecule has 0 saturated heterocycles. The number of carbonyl (C=O) groups is 1. The molecule has 2 aromatic carbocycles. The Bertz CT molecular complexity index is 811. The fourth-order valence-electron chi connectivity index (χ4n) is 1.84. The number of benzene rings is 2. The Kier molecular flexibility index (Phi) is 4.24. The summed E-state index contributed by atoms with van der Waals surface area (Å²) in [6.07, 6.45) is 0.908. The van der Waals surface area contributed by atoms with E-state index in [1.807, 2.05) is 12.1 Å². The summed E-state index contributed by atoms with van der Waals surface area (Å²) >= 11 is 0. The van der Waals surface area contributed by atoms with Gasteiger partial charge < -0.3 is 10.1 Å². The maximum absolute atomic E-state index is 13.8. The zero-order valence-corrected chi connectivity index (χ0v) is 11.9. The third-order valence-electron chi connectivity index (χ3n) is 2.90. The third-order valence-corrected chi connectivity index (χ3v) is 2.90. The molecule has 1 amide bonds. The van der Waals surface area contributed by atoms with Crippen molar-refractivity contribution in [1.29, 1.82) is 0 Å². The Balaban J connectivity index is 1.81. The predicted molar refractivity (Wildman–Crippen MR) is 82.9 cm³/mol. The molecule has 0 unspecified atom stereocenters. The summed E-state index contributed by atoms with van der Waals surface area (Å²) in [6, 6.07) is 17.5. The van der Waals surface area contributed by atoms with E-state index in [0.717, 1.165) is 6.20 Å². The molecule has 1 heterocycles. The first-order valence-corrected chi connectivity index (χ1v) is 6.84. The smallest absolute Gasteiger partial charge is 0.293 e. The number of anilines is 1. The first-order valence-electron chi connectivity index (χ1n) is 6.84. The topological polar surface area (TPSA) is 64.1 Å². The summed E-state index contributed by atoms with van der Waals surface area (Å²) in [7, 11) is 0. The number of hydrogen-bond acceptors (Lipinski definition) is 4. The molecular weight excluding hydrogens is 297 g/mol. The van der Waals surface area contributed by atoms with Gasteiger partial charge in [0.15, 0.2) is 0 Å². The lowest BCUT2D eigenvalue weighted by molar-refractivity contribution is 0.101. The maximum Gasteiger partial charge on any atom is 0.293 e. The summed E-state index contributed by atoms with van der Waals surface area (Å²) in [6.45, 7) is 0. The van der Waals surface area contributed by atoms with Gasteiger partial charge in [0.2, 0.25) is 11.6 Å². The zero-order valence-electron chi connectivity index (χ0n) is 11.9. The molecule has 5 nitrogen and oxygen atoms in total. The van der Waals surface area contributed by atoms with Crippen molar-refractivity contribution < 1.29 is 13.9 Å². The first-order chi connectivity index (χ1) is 11.2. The highest BCUT2D eigenvalue weighted by Gasteiger charge is 2.15. The van der Waals surface area contributed by atoms with E-state index in [1.165, 1.54) is 0 Å². The van der Waals surface area contributed by atoms with Gasteiger partial charge in [-0.2, -0.15) is 9.37 Å². The van der Waals surface area contributed by atoms with Gasteiger partial charge in [-0.3, -0.25) is 4.79 Å². The number of hydrogen-bond donors (Lipinski definition) is 1. The zero-order chi connectivity index (χ0) is 16.1. The quantitative estimate of drug-likeness (QED) is 0.799. The molecule has 0 radical (unpaired) electrons. The number of rotatable bonds is 4. The maximum atomic E-state index is 13.8. The Morgan fingerprint density at radius 2 is 1.65 bits per heavy atom. The van der Waals surface area contributed by atoms with Gasteiger partial charge in [0.25, 0.3) is 11.8 Å². The monoisotopic (exact) mass is 309 g/mol. The van der Waals surface area contributed by atoms with Crippen molar-refractivity contribution in [2.75, 3.05) is 5.32 Å². The molecule has 0 saturated carbocycles. The van der Waals surface area contributed by atoms with Crippen LogP contribution in [0.15, 0.2) is 66.9 Å². The average molecular weight is 309 g/mol. The Morgan fingerprint density at radius 1 is 1.00 bits per heavy atom. The summed E-state index contributed by atoms with van der Waals surface area (Å²) < 4.78 is 19.1. The van der Waals surface area contributed by atoms with Crippen LogP contribution in [0.2, 0.25) is 0 Å². The van der Waals surface area contributed by atoms with E-state index in [4.69, 9.17) is 4.74 Å². The van der Waals surface area contributed by atoms with Gasteiger partial charge >= 0.3 is 0 Å². The largest absolute Gasteiger partial charge is 0.436 e. The van der Waals surface area contributed by atoms with Gasteiger partial charge in [-0.1, -0.05) is 36.4 Å². The average Bonchev–Trinajstić information content (AvgIpc) is 2.58. The normalized spacial score (nSPS) is 10.1. The minimum Gasteiger partial charge on any atom is -0.436 e. The van der Waals surface area contributed by atoms with Crippen LogP contribution < -0.4 is 10.1 Å². The number of aromatic nitrogens is 2. The van der Waals surface area contributed by atoms with Crippen molar-refractivity contribution in [1.82, 2.24) is 9.97 Å². The van der Waals surface area contributed by atoms with E-state index < -0.39 is 11.7 Å². The Morgan fingerprint density at radius 3 is 2.35 bits per heavy atom. The fraction of sp³-hybridized carbons (Fsp3) is 0. The SMILES string of the molecule is O=C(Nc1ccccc1)c1ncc(F)c(Oc2ccccc2)n1. The van der Waals surface area contributed by atoms with E-state index in [1.54, 1.807) is 48.5 Å². The van der Waals surface area contributed by atoms with Crippen LogP contribution in [0.3, 0.4) is 0 Å². The van der Waals surface area contributed by atoms with Crippen molar-refractivity contribution >= 4 is 11.6 Å². The van der Waals surface area contributed by atoms with E-state index in [2.05, 4.69) is 15.3 Å². The predicted octanol–water partition coefficient (Wildman–Crippen LogP) is 3.66. The highest BCUT2D eigenvalue weighted by molar-refractivity contribution is 6.01. The van der Waals surface area contributed by atoms with Crippen molar-refractivity contribution in [3.8, 4) is 11.6 Å². The van der Waals surface area contributed by atoms with Crippen LogP contribution in [0, 0.1) is 5.82 Å². The molecule has 0 bridgehead atoms. The van der Waals surface area contributed by atoms with Crippen molar-refractivity contribution in [3.05, 3.63) is 78.5 Å². The van der Waals surface area contributed by atoms with E-state index in [0.29, 0.717) is 11.4 Å². The lowest BCUT2D eigenvalue weighted by Crippen LogP contribution is -2.16. The number of halogens is 1. The van der Waals surface area contributed by atoms with Crippen LogP contribution in [0.4, 0.5) is 10.1 Å². The summed E-state index contributed by atoms with van der Waals surface area (Å²) in [5, 5.41) is 2.63. The van der Waals surface area contributed by atoms with Crippen LogP contribution >= 0.6 is 0 Å². The Hall–Kier alpha value is -3.28. The Labute approximate surface area is 131 Å². The lowest BCUT2D eigenvalue weighted by Gasteiger charge is -2.07. The molecule has 1 N–H and O–H groups in total. The number of amides is 1. The second-order valence-corrected chi connectivity index (χ2v) is 4.58. The molecule has 0 aliphatic heterocycles. The minimum absolute atomic E-state index is 0.179. The van der Waals surface area contributed by atoms with Crippen LogP contribution in [0.1, 0.15) is 10.6 Å². The molecule has 0 aliphatic rings. The highest BCUT2D eigenvalue weighted by atomic mass is 19.1. The van der Waals surface area contributed by atoms with Crippen molar-refractivity contribution in [2.24, 2.45) is 0 Å². The van der Waals surface area contributed by atoms with E-state index in [-0.39, 0.29) is 11.7 Å². The standard InChI is InChI=1S/C17H12FN3O2/c18-14-11-19-15(16(22)20-12-7-3-1-4-8-12)21-17(14)23-13-9-5-2-6-10-13/h1-11H,(H,20,22). The first kappa shape index (κ1) is 14.6. The summed E-state index contributed by atoms with van der Waals surface area (Å²) in [5.74, 6) is -1.36. The third kappa shape index (κ3) is 3.68. The number of para-hydroxylation sites is 2. The van der Waals surface area contributed by atoms with Gasteiger partial charge in [0, 0.05) is 5.69 Å². The van der Waals surface area contributed by atoms with Gasteiger partial charge in [0.1, 0.15) is 5.75 Å². The van der Waals surface area contributed by atoms with Gasteiger partial charge in [-0.05, 0) is 24.3 Å². The van der Waals surface area contributed by atoms with Gasteiger partial charge in [-0.25, -0.2) is 4.98 Å². The molecule has 3 rings (SSSR count). The molecule has 0 atom stereocenters. The number of carbonyl (C=O) groups excluding carboxylic acids is 1. The fourth-order valence-corrected chi connectivity index (χ4v) is 1.84. The van der Waals surface area contributed by atoms with E-state index in [9.17, 15) is 9.18 Å². The second kappa shape index (κ2) is 6.65. The van der Waals surface area contributed by atoms with E-state index >= 15 is 0 Å². The molecule has 0 spiro atoms. The van der Waals surface area contributed by atoms with Crippen LogP contribution in [0.5, 0.6) is 11.6 Å². The minimum atomic E-state index is -0.745. The number of nitrogens with zero attached hydrogens (tertiary/aromatic N) is 2. The summed E-state index contributed by atoms with van der Waals surface area (Å²) in [5.41, 5.74) is 0.593. The highest BCUT2D eigenvalue weighted by Crippen LogP contribution is 2.21. The molecule has 3 aromatic rings. The van der Waals surface area contributed by atoms with Crippen molar-refractivity contribution in [2.45, 2.75) is 0 Å². The molecule has 0 fully saturated rings. The number of ether oxygens (including phenoxy) is 1. The summed E-state index contributed by atoms with van der Waals surface area (Å²) in [4.78, 5) is 19.7. The molecule has 6 heteroatoms.